The van der Waals surface area contributed by atoms with Crippen LogP contribution < -0.4 is 0 Å². The monoisotopic (exact) mass is 438 g/mol. The molecule has 0 radical (unpaired) electrons. The Morgan fingerprint density at radius 3 is 1.87 bits per heavy atom. The van der Waals surface area contributed by atoms with Gasteiger partial charge in [0.2, 0.25) is 0 Å². The van der Waals surface area contributed by atoms with Crippen LogP contribution in [0.1, 0.15) is 136 Å². The Balaban J connectivity index is 2.26. The van der Waals surface area contributed by atoms with Crippen molar-refractivity contribution in [2.45, 2.75) is 142 Å². The topological polar surface area (TPSA) is 63.6 Å². The minimum Gasteiger partial charge on any atom is -0.481 e. The van der Waals surface area contributed by atoms with Crippen LogP contribution in [0.3, 0.4) is 0 Å². The predicted molar refractivity (Wildman–Crippen MR) is 128 cm³/mol. The quantitative estimate of drug-likeness (QED) is 0.174. The summed E-state index contributed by atoms with van der Waals surface area (Å²) >= 11 is 0. The largest absolute Gasteiger partial charge is 0.481 e. The average molecular weight is 439 g/mol. The number of rotatable bonds is 18. The summed E-state index contributed by atoms with van der Waals surface area (Å²) in [5, 5.41) is 9.79. The number of carboxylic acids is 1. The van der Waals surface area contributed by atoms with Crippen LogP contribution in [0.2, 0.25) is 0 Å². The third-order valence-corrected chi connectivity index (χ3v) is 6.98. The van der Waals surface area contributed by atoms with E-state index in [2.05, 4.69) is 6.92 Å². The maximum absolute atomic E-state index is 12.1. The molecule has 4 nitrogen and oxygen atoms in total. The molecule has 1 saturated carbocycles. The number of carbonyl (C=O) groups excluding carboxylic acids is 1. The third kappa shape index (κ3) is 13.2. The van der Waals surface area contributed by atoms with Gasteiger partial charge in [0.25, 0.3) is 0 Å². The van der Waals surface area contributed by atoms with E-state index >= 15 is 0 Å². The van der Waals surface area contributed by atoms with Crippen molar-refractivity contribution in [2.75, 3.05) is 0 Å². The fraction of sp³-hybridized carbons (Fsp3) is 0.926. The van der Waals surface area contributed by atoms with Crippen molar-refractivity contribution in [3.05, 3.63) is 0 Å². The molecular weight excluding hydrogens is 388 g/mol. The lowest BCUT2D eigenvalue weighted by molar-refractivity contribution is -0.156. The Morgan fingerprint density at radius 1 is 0.839 bits per heavy atom. The summed E-state index contributed by atoms with van der Waals surface area (Å²) in [7, 11) is 0. The van der Waals surface area contributed by atoms with Crippen molar-refractivity contribution in [2.24, 2.45) is 17.8 Å². The van der Waals surface area contributed by atoms with E-state index in [0.29, 0.717) is 5.92 Å². The van der Waals surface area contributed by atoms with E-state index in [4.69, 9.17) is 4.74 Å². The Bertz CT molecular complexity index is 474. The Labute approximate surface area is 191 Å². The van der Waals surface area contributed by atoms with E-state index in [1.54, 1.807) is 0 Å². The number of aliphatic carboxylic acids is 1. The molecule has 1 aliphatic rings. The zero-order valence-electron chi connectivity index (χ0n) is 20.7. The van der Waals surface area contributed by atoms with Crippen molar-refractivity contribution >= 4 is 11.9 Å². The van der Waals surface area contributed by atoms with Crippen LogP contribution in [0.25, 0.3) is 0 Å². The van der Waals surface area contributed by atoms with E-state index in [0.717, 1.165) is 25.7 Å². The number of ether oxygens (including phenoxy) is 1. The lowest BCUT2D eigenvalue weighted by Gasteiger charge is -2.35. The van der Waals surface area contributed by atoms with Gasteiger partial charge < -0.3 is 9.84 Å². The van der Waals surface area contributed by atoms with Crippen LogP contribution >= 0.6 is 0 Å². The Morgan fingerprint density at radius 2 is 1.35 bits per heavy atom. The van der Waals surface area contributed by atoms with Crippen LogP contribution in [0.5, 0.6) is 0 Å². The van der Waals surface area contributed by atoms with E-state index in [1.165, 1.54) is 83.5 Å². The van der Waals surface area contributed by atoms with Gasteiger partial charge in [-0.05, 0) is 32.1 Å². The summed E-state index contributed by atoms with van der Waals surface area (Å²) in [6, 6.07) is 0. The maximum Gasteiger partial charge on any atom is 0.307 e. The number of esters is 1. The zero-order chi connectivity index (χ0) is 22.9. The van der Waals surface area contributed by atoms with E-state index < -0.39 is 11.9 Å². The van der Waals surface area contributed by atoms with Crippen LogP contribution in [0.15, 0.2) is 0 Å². The summed E-state index contributed by atoms with van der Waals surface area (Å²) in [6.07, 6.45) is 21.4. The van der Waals surface area contributed by atoms with Crippen LogP contribution in [-0.2, 0) is 14.3 Å². The first kappa shape index (κ1) is 28.0. The molecule has 0 saturated heterocycles. The van der Waals surface area contributed by atoms with Crippen molar-refractivity contribution < 1.29 is 19.4 Å². The molecule has 1 aliphatic carbocycles. The Kier molecular flexibility index (Phi) is 15.8. The van der Waals surface area contributed by atoms with Crippen molar-refractivity contribution in [1.82, 2.24) is 0 Å². The normalized spacial score (nSPS) is 20.0. The first-order valence-corrected chi connectivity index (χ1v) is 13.4. The molecule has 0 aliphatic heterocycles. The summed E-state index contributed by atoms with van der Waals surface area (Å²) in [5.74, 6) is -1.21. The smallest absolute Gasteiger partial charge is 0.307 e. The van der Waals surface area contributed by atoms with Gasteiger partial charge in [-0.3, -0.25) is 9.59 Å². The van der Waals surface area contributed by atoms with Crippen molar-refractivity contribution in [3.63, 3.8) is 0 Å². The molecular formula is C27H50O4. The second-order valence-corrected chi connectivity index (χ2v) is 10.1. The number of carboxylic acid groups (broad SMARTS) is 1. The minimum atomic E-state index is -0.827. The summed E-state index contributed by atoms with van der Waals surface area (Å²) in [4.78, 5) is 24.0. The maximum atomic E-state index is 12.1. The molecule has 1 rings (SSSR count). The molecule has 1 fully saturated rings. The third-order valence-electron chi connectivity index (χ3n) is 6.98. The molecule has 0 aromatic rings. The van der Waals surface area contributed by atoms with Crippen molar-refractivity contribution in [3.8, 4) is 0 Å². The highest BCUT2D eigenvalue weighted by atomic mass is 16.5. The number of hydrogen-bond donors (Lipinski definition) is 1. The number of unbranched alkanes of at least 4 members (excludes halogenated alkanes) is 11. The fourth-order valence-corrected chi connectivity index (χ4v) is 5.28. The molecule has 0 aromatic heterocycles. The molecule has 0 heterocycles. The van der Waals surface area contributed by atoms with Crippen molar-refractivity contribution in [1.29, 1.82) is 0 Å². The Hall–Kier alpha value is -1.06. The van der Waals surface area contributed by atoms with E-state index in [9.17, 15) is 14.7 Å². The predicted octanol–water partition coefficient (Wildman–Crippen LogP) is 7.93. The van der Waals surface area contributed by atoms with Gasteiger partial charge in [-0.25, -0.2) is 0 Å². The molecule has 4 heteroatoms. The van der Waals surface area contributed by atoms with Gasteiger partial charge in [-0.15, -0.1) is 0 Å². The standard InChI is InChI=1S/C27H50O4/c1-4-5-6-7-8-9-10-11-12-13-14-15-18-23-19-16-17-20-24(23)25(27(29)30)21-26(28)31-22(2)3/h22-25H,4-21H2,1-3H3,(H,29,30). The zero-order valence-corrected chi connectivity index (χ0v) is 20.7. The second kappa shape index (κ2) is 17.5. The van der Waals surface area contributed by atoms with Crippen LogP contribution in [0, 0.1) is 17.8 Å². The molecule has 0 amide bonds. The molecule has 31 heavy (non-hydrogen) atoms. The van der Waals surface area contributed by atoms with E-state index in [-0.39, 0.29) is 24.4 Å². The van der Waals surface area contributed by atoms with Gasteiger partial charge in [-0.1, -0.05) is 110 Å². The van der Waals surface area contributed by atoms with Crippen LogP contribution in [0.4, 0.5) is 0 Å². The molecule has 182 valence electrons. The van der Waals surface area contributed by atoms with Gasteiger partial charge in [0.15, 0.2) is 0 Å². The molecule has 0 spiro atoms. The van der Waals surface area contributed by atoms with Gasteiger partial charge in [0.1, 0.15) is 0 Å². The van der Waals surface area contributed by atoms with Gasteiger partial charge >= 0.3 is 11.9 Å². The van der Waals surface area contributed by atoms with Crippen LogP contribution in [-0.4, -0.2) is 23.1 Å². The average Bonchev–Trinajstić information content (AvgIpc) is 2.72. The molecule has 0 aromatic carbocycles. The lowest BCUT2D eigenvalue weighted by Crippen LogP contribution is -2.34. The lowest BCUT2D eigenvalue weighted by atomic mass is 9.69. The highest BCUT2D eigenvalue weighted by Gasteiger charge is 2.37. The summed E-state index contributed by atoms with van der Waals surface area (Å²) in [5.41, 5.74) is 0. The fourth-order valence-electron chi connectivity index (χ4n) is 5.28. The first-order chi connectivity index (χ1) is 15.0. The molecule has 1 N–H and O–H groups in total. The SMILES string of the molecule is CCCCCCCCCCCCCCC1CCCCC1C(CC(=O)OC(C)C)C(=O)O. The van der Waals surface area contributed by atoms with Gasteiger partial charge in [0.05, 0.1) is 18.4 Å². The molecule has 3 atom stereocenters. The second-order valence-electron chi connectivity index (χ2n) is 10.1. The summed E-state index contributed by atoms with van der Waals surface area (Å²) < 4.78 is 5.23. The van der Waals surface area contributed by atoms with E-state index in [1.807, 2.05) is 13.8 Å². The first-order valence-electron chi connectivity index (χ1n) is 13.4. The molecule has 3 unspecified atom stereocenters. The minimum absolute atomic E-state index is 0.0210. The number of carbonyl (C=O) groups is 2. The summed E-state index contributed by atoms with van der Waals surface area (Å²) in [6.45, 7) is 5.89. The number of hydrogen-bond acceptors (Lipinski definition) is 3. The molecule has 0 bridgehead atoms. The van der Waals surface area contributed by atoms with Gasteiger partial charge in [0, 0.05) is 0 Å². The van der Waals surface area contributed by atoms with Gasteiger partial charge in [-0.2, -0.15) is 0 Å². The highest BCUT2D eigenvalue weighted by molar-refractivity contribution is 5.79. The highest BCUT2D eigenvalue weighted by Crippen LogP contribution is 2.40.